The number of fused-ring (bicyclic) bond motifs is 1. The summed E-state index contributed by atoms with van der Waals surface area (Å²) in [6, 6.07) is 16.7. The van der Waals surface area contributed by atoms with E-state index in [9.17, 15) is 4.79 Å². The first kappa shape index (κ1) is 15.6. The van der Waals surface area contributed by atoms with Crippen LogP contribution in [0.4, 0.5) is 17.3 Å². The van der Waals surface area contributed by atoms with Crippen molar-refractivity contribution in [3.8, 4) is 0 Å². The molecule has 2 N–H and O–H groups in total. The topological polar surface area (TPSA) is 66.9 Å². The molecular weight excluding hydrogens is 336 g/mol. The van der Waals surface area contributed by atoms with Gasteiger partial charge in [0.1, 0.15) is 18.0 Å². The van der Waals surface area contributed by atoms with E-state index >= 15 is 0 Å². The first-order chi connectivity index (χ1) is 12.2. The highest BCUT2D eigenvalue weighted by atomic mass is 35.5. The molecule has 3 aromatic rings. The lowest BCUT2D eigenvalue weighted by molar-refractivity contribution is 0.0966. The number of anilines is 3. The van der Waals surface area contributed by atoms with Crippen molar-refractivity contribution in [3.63, 3.8) is 0 Å². The molecule has 5 nitrogen and oxygen atoms in total. The van der Waals surface area contributed by atoms with Gasteiger partial charge in [-0.1, -0.05) is 48.0 Å². The number of ketones is 1. The Bertz CT molecular complexity index is 930. The minimum Gasteiger partial charge on any atom is -0.369 e. The van der Waals surface area contributed by atoms with E-state index in [1.165, 1.54) is 6.33 Å². The van der Waals surface area contributed by atoms with Crippen molar-refractivity contribution in [2.45, 2.75) is 5.92 Å². The second-order valence-corrected chi connectivity index (χ2v) is 6.22. The molecule has 25 heavy (non-hydrogen) atoms. The van der Waals surface area contributed by atoms with Crippen molar-refractivity contribution >= 4 is 34.7 Å². The Kier molecular flexibility index (Phi) is 4.07. The van der Waals surface area contributed by atoms with Crippen molar-refractivity contribution in [1.82, 2.24) is 9.97 Å². The fraction of sp³-hybridized carbons (Fsp3) is 0.105. The maximum absolute atomic E-state index is 12.9. The first-order valence-electron chi connectivity index (χ1n) is 7.93. The van der Waals surface area contributed by atoms with E-state index in [0.717, 1.165) is 11.3 Å². The lowest BCUT2D eigenvalue weighted by Crippen LogP contribution is -2.16. The van der Waals surface area contributed by atoms with E-state index < -0.39 is 0 Å². The number of rotatable bonds is 4. The number of carbonyl (C=O) groups excluding carboxylic acids is 1. The maximum atomic E-state index is 12.9. The van der Waals surface area contributed by atoms with Gasteiger partial charge in [-0.15, -0.1) is 0 Å². The van der Waals surface area contributed by atoms with Crippen LogP contribution in [0.25, 0.3) is 0 Å². The van der Waals surface area contributed by atoms with Crippen LogP contribution in [-0.4, -0.2) is 22.3 Å². The minimum atomic E-state index is -0.333. The van der Waals surface area contributed by atoms with Gasteiger partial charge < -0.3 is 10.6 Å². The number of nitrogens with zero attached hydrogens (tertiary/aromatic N) is 2. The average Bonchev–Trinajstić information content (AvgIpc) is 3.07. The van der Waals surface area contributed by atoms with E-state index in [1.807, 2.05) is 48.5 Å². The molecule has 0 amide bonds. The van der Waals surface area contributed by atoms with Crippen LogP contribution in [0, 0.1) is 0 Å². The number of Topliss-reactive ketones (excluding diaryl/α,β-unsaturated/α-hetero) is 1. The zero-order valence-corrected chi connectivity index (χ0v) is 14.0. The van der Waals surface area contributed by atoms with Crippen LogP contribution >= 0.6 is 11.6 Å². The summed E-state index contributed by atoms with van der Waals surface area (Å²) in [7, 11) is 0. The number of halogens is 1. The van der Waals surface area contributed by atoms with Crippen molar-refractivity contribution in [2.24, 2.45) is 0 Å². The van der Waals surface area contributed by atoms with Gasteiger partial charge >= 0.3 is 0 Å². The monoisotopic (exact) mass is 350 g/mol. The Balaban J connectivity index is 1.70. The van der Waals surface area contributed by atoms with Crippen LogP contribution in [0.1, 0.15) is 21.8 Å². The summed E-state index contributed by atoms with van der Waals surface area (Å²) in [5, 5.41) is 7.08. The molecule has 0 saturated carbocycles. The third-order valence-corrected chi connectivity index (χ3v) is 4.40. The molecule has 6 heteroatoms. The fourth-order valence-electron chi connectivity index (χ4n) is 3.00. The van der Waals surface area contributed by atoms with Gasteiger partial charge in [0.2, 0.25) is 0 Å². The zero-order chi connectivity index (χ0) is 17.2. The number of hydrogen-bond acceptors (Lipinski definition) is 5. The number of nitrogens with one attached hydrogen (secondary N) is 2. The normalized spacial score (nSPS) is 15.3. The van der Waals surface area contributed by atoms with Crippen molar-refractivity contribution in [3.05, 3.63) is 77.1 Å². The van der Waals surface area contributed by atoms with Crippen LogP contribution in [0.2, 0.25) is 5.02 Å². The highest BCUT2D eigenvalue weighted by Gasteiger charge is 2.33. The van der Waals surface area contributed by atoms with E-state index in [1.54, 1.807) is 6.07 Å². The molecule has 1 aliphatic rings. The second kappa shape index (κ2) is 6.53. The standard InChI is InChI=1S/C19H15ClN4O/c20-13-7-4-8-14(9-13)24-19-16-15(10-21-18(16)22-11-23-19)17(25)12-5-2-1-3-6-12/h1-9,11,15H,10H2,(H2,21,22,23,24). The summed E-state index contributed by atoms with van der Waals surface area (Å²) >= 11 is 6.05. The Morgan fingerprint density at radius 3 is 2.76 bits per heavy atom. The SMILES string of the molecule is O=C(c1ccccc1)C1CNc2ncnc(Nc3cccc(Cl)c3)c21. The molecule has 0 radical (unpaired) electrons. The Hall–Kier alpha value is -2.92. The third kappa shape index (κ3) is 3.06. The molecule has 1 aromatic heterocycles. The Labute approximate surface area is 150 Å². The highest BCUT2D eigenvalue weighted by molar-refractivity contribution is 6.30. The smallest absolute Gasteiger partial charge is 0.172 e. The zero-order valence-electron chi connectivity index (χ0n) is 13.2. The molecule has 4 rings (SSSR count). The molecule has 2 aromatic carbocycles. The minimum absolute atomic E-state index is 0.0517. The van der Waals surface area contributed by atoms with Crippen molar-refractivity contribution in [1.29, 1.82) is 0 Å². The van der Waals surface area contributed by atoms with Crippen LogP contribution in [0.3, 0.4) is 0 Å². The Morgan fingerprint density at radius 2 is 1.96 bits per heavy atom. The predicted molar refractivity (Wildman–Crippen MR) is 98.8 cm³/mol. The Morgan fingerprint density at radius 1 is 1.12 bits per heavy atom. The van der Waals surface area contributed by atoms with Gasteiger partial charge in [0.25, 0.3) is 0 Å². The molecule has 124 valence electrons. The van der Waals surface area contributed by atoms with Gasteiger partial charge in [0, 0.05) is 28.4 Å². The molecule has 0 fully saturated rings. The van der Waals surface area contributed by atoms with Gasteiger partial charge in [-0.05, 0) is 18.2 Å². The summed E-state index contributed by atoms with van der Waals surface area (Å²) in [6.45, 7) is 0.506. The molecule has 1 atom stereocenters. The third-order valence-electron chi connectivity index (χ3n) is 4.17. The number of carbonyl (C=O) groups is 1. The first-order valence-corrected chi connectivity index (χ1v) is 8.31. The largest absolute Gasteiger partial charge is 0.369 e. The van der Waals surface area contributed by atoms with Crippen molar-refractivity contribution in [2.75, 3.05) is 17.2 Å². The second-order valence-electron chi connectivity index (χ2n) is 5.78. The summed E-state index contributed by atoms with van der Waals surface area (Å²) < 4.78 is 0. The van der Waals surface area contributed by atoms with E-state index in [2.05, 4.69) is 20.6 Å². The molecule has 0 aliphatic carbocycles. The number of hydrogen-bond donors (Lipinski definition) is 2. The van der Waals surface area contributed by atoms with Gasteiger partial charge in [-0.25, -0.2) is 9.97 Å². The van der Waals surface area contributed by atoms with Gasteiger partial charge in [0.05, 0.1) is 5.92 Å². The number of aromatic nitrogens is 2. The van der Waals surface area contributed by atoms with E-state index in [0.29, 0.717) is 28.8 Å². The quantitative estimate of drug-likeness (QED) is 0.688. The summed E-state index contributed by atoms with van der Waals surface area (Å²) in [5.74, 6) is 1.02. The fourth-order valence-corrected chi connectivity index (χ4v) is 3.19. The van der Waals surface area contributed by atoms with Crippen LogP contribution in [0.15, 0.2) is 60.9 Å². The predicted octanol–water partition coefficient (Wildman–Crippen LogP) is 4.27. The molecule has 1 aliphatic heterocycles. The molecule has 0 bridgehead atoms. The van der Waals surface area contributed by atoms with Gasteiger partial charge in [-0.2, -0.15) is 0 Å². The summed E-state index contributed by atoms with van der Waals surface area (Å²) in [6.07, 6.45) is 1.48. The summed E-state index contributed by atoms with van der Waals surface area (Å²) in [4.78, 5) is 21.5. The van der Waals surface area contributed by atoms with E-state index in [4.69, 9.17) is 11.6 Å². The van der Waals surface area contributed by atoms with Gasteiger partial charge in [-0.3, -0.25) is 4.79 Å². The van der Waals surface area contributed by atoms with E-state index in [-0.39, 0.29) is 11.7 Å². The average molecular weight is 351 g/mol. The molecule has 1 unspecified atom stereocenters. The molecule has 2 heterocycles. The molecular formula is C19H15ClN4O. The van der Waals surface area contributed by atoms with Crippen molar-refractivity contribution < 1.29 is 4.79 Å². The lowest BCUT2D eigenvalue weighted by Gasteiger charge is -2.14. The number of benzene rings is 2. The highest BCUT2D eigenvalue weighted by Crippen LogP contribution is 2.37. The molecule has 0 spiro atoms. The van der Waals surface area contributed by atoms with Crippen LogP contribution in [0.5, 0.6) is 0 Å². The van der Waals surface area contributed by atoms with Crippen LogP contribution < -0.4 is 10.6 Å². The van der Waals surface area contributed by atoms with Crippen LogP contribution in [-0.2, 0) is 0 Å². The lowest BCUT2D eigenvalue weighted by atomic mass is 9.93. The molecule has 0 saturated heterocycles. The van der Waals surface area contributed by atoms with Gasteiger partial charge in [0.15, 0.2) is 5.78 Å². The maximum Gasteiger partial charge on any atom is 0.172 e. The summed E-state index contributed by atoms with van der Waals surface area (Å²) in [5.41, 5.74) is 2.28.